The first-order valence-corrected chi connectivity index (χ1v) is 11.0. The Hall–Kier alpha value is -4.32. The van der Waals surface area contributed by atoms with Gasteiger partial charge in [-0.1, -0.05) is 18.2 Å². The van der Waals surface area contributed by atoms with Gasteiger partial charge in [-0.15, -0.1) is 0 Å². The standard InChI is InChI=1S/C23H25N5O2.C2HF3O2/c1-26(2)14-12-24-23(29)21-11-13-28(25-21)22-10-9-19-8-7-18(16-27(19)22)17-5-4-6-20(15-17)30-3;3-2(4,5)1(6)7/h4-11,13,15-16H,12,14H2,1-3H3,(H,24,29);(H,6,7). The number of benzene rings is 1. The quantitative estimate of drug-likeness (QED) is 0.388. The second-order valence-electron chi connectivity index (χ2n) is 8.14. The smallest absolute Gasteiger partial charge is 0.490 e. The molecule has 0 atom stereocenters. The normalized spacial score (nSPS) is 11.2. The third-order valence-electron chi connectivity index (χ3n) is 5.18. The minimum atomic E-state index is -5.08. The molecular weight excluding hydrogens is 491 g/mol. The Morgan fingerprint density at radius 3 is 2.43 bits per heavy atom. The fraction of sp³-hybridized carbons (Fsp3) is 0.240. The van der Waals surface area contributed by atoms with Crippen molar-refractivity contribution < 1.29 is 32.6 Å². The first kappa shape index (κ1) is 27.3. The Bertz CT molecular complexity index is 1380. The molecule has 0 bridgehead atoms. The van der Waals surface area contributed by atoms with Gasteiger partial charge in [0.1, 0.15) is 11.6 Å². The molecule has 0 aliphatic rings. The summed E-state index contributed by atoms with van der Waals surface area (Å²) < 4.78 is 40.9. The van der Waals surface area contributed by atoms with E-state index < -0.39 is 12.1 Å². The first-order valence-electron chi connectivity index (χ1n) is 11.0. The molecule has 3 heterocycles. The Kier molecular flexibility index (Phi) is 8.56. The van der Waals surface area contributed by atoms with Crippen LogP contribution in [0.15, 0.2) is 67.0 Å². The summed E-state index contributed by atoms with van der Waals surface area (Å²) in [6.45, 7) is 1.36. The zero-order chi connectivity index (χ0) is 27.2. The van der Waals surface area contributed by atoms with Gasteiger partial charge in [0, 0.05) is 31.0 Å². The molecule has 1 aromatic carbocycles. The molecule has 196 valence electrons. The van der Waals surface area contributed by atoms with Gasteiger partial charge in [-0.25, -0.2) is 9.48 Å². The highest BCUT2D eigenvalue weighted by molar-refractivity contribution is 5.92. The first-order chi connectivity index (χ1) is 17.5. The lowest BCUT2D eigenvalue weighted by atomic mass is 10.1. The molecule has 1 amide bonds. The number of alkyl halides is 3. The van der Waals surface area contributed by atoms with Crippen LogP contribution >= 0.6 is 0 Å². The molecule has 0 fully saturated rings. The highest BCUT2D eigenvalue weighted by atomic mass is 19.4. The van der Waals surface area contributed by atoms with Crippen molar-refractivity contribution in [3.05, 3.63) is 72.7 Å². The van der Waals surface area contributed by atoms with E-state index in [1.54, 1.807) is 24.1 Å². The van der Waals surface area contributed by atoms with E-state index >= 15 is 0 Å². The Balaban J connectivity index is 0.000000479. The minimum Gasteiger partial charge on any atom is -0.497 e. The number of hydrogen-bond acceptors (Lipinski definition) is 5. The van der Waals surface area contributed by atoms with Crippen LogP contribution < -0.4 is 10.1 Å². The average Bonchev–Trinajstić information content (AvgIpc) is 3.50. The molecule has 2 N–H and O–H groups in total. The molecule has 3 aromatic heterocycles. The van der Waals surface area contributed by atoms with Gasteiger partial charge in [0.15, 0.2) is 5.69 Å². The molecule has 0 aliphatic carbocycles. The summed E-state index contributed by atoms with van der Waals surface area (Å²) in [6.07, 6.45) is -1.21. The van der Waals surface area contributed by atoms with E-state index in [0.29, 0.717) is 12.2 Å². The molecule has 0 saturated carbocycles. The second kappa shape index (κ2) is 11.6. The number of methoxy groups -OCH3 is 1. The van der Waals surface area contributed by atoms with E-state index in [-0.39, 0.29) is 5.91 Å². The second-order valence-corrected chi connectivity index (χ2v) is 8.14. The van der Waals surface area contributed by atoms with Crippen LogP contribution in [0.1, 0.15) is 10.5 Å². The van der Waals surface area contributed by atoms with Crippen molar-refractivity contribution in [1.82, 2.24) is 24.4 Å². The van der Waals surface area contributed by atoms with Gasteiger partial charge in [0.05, 0.1) is 7.11 Å². The van der Waals surface area contributed by atoms with E-state index in [9.17, 15) is 18.0 Å². The Labute approximate surface area is 210 Å². The number of pyridine rings is 1. The number of likely N-dealkylation sites (N-methyl/N-ethyl adjacent to an activating group) is 1. The maximum Gasteiger partial charge on any atom is 0.490 e. The Morgan fingerprint density at radius 2 is 1.78 bits per heavy atom. The maximum atomic E-state index is 12.3. The van der Waals surface area contributed by atoms with Crippen LogP contribution in [0.25, 0.3) is 22.5 Å². The summed E-state index contributed by atoms with van der Waals surface area (Å²) in [5.41, 5.74) is 3.57. The molecule has 37 heavy (non-hydrogen) atoms. The largest absolute Gasteiger partial charge is 0.497 e. The van der Waals surface area contributed by atoms with Crippen LogP contribution in [0, 0.1) is 0 Å². The van der Waals surface area contributed by atoms with E-state index in [0.717, 1.165) is 34.8 Å². The van der Waals surface area contributed by atoms with Gasteiger partial charge >= 0.3 is 12.1 Å². The third-order valence-corrected chi connectivity index (χ3v) is 5.18. The fourth-order valence-corrected chi connectivity index (χ4v) is 3.30. The predicted molar refractivity (Wildman–Crippen MR) is 131 cm³/mol. The van der Waals surface area contributed by atoms with Crippen molar-refractivity contribution in [2.75, 3.05) is 34.3 Å². The number of hydrogen-bond donors (Lipinski definition) is 2. The molecule has 12 heteroatoms. The number of rotatable bonds is 7. The highest BCUT2D eigenvalue weighted by Crippen LogP contribution is 2.26. The molecule has 0 aliphatic heterocycles. The lowest BCUT2D eigenvalue weighted by Crippen LogP contribution is -2.31. The number of amides is 1. The monoisotopic (exact) mass is 517 g/mol. The van der Waals surface area contributed by atoms with Crippen molar-refractivity contribution in [1.29, 1.82) is 0 Å². The molecule has 0 saturated heterocycles. The summed E-state index contributed by atoms with van der Waals surface area (Å²) in [4.78, 5) is 23.3. The van der Waals surface area contributed by atoms with Crippen molar-refractivity contribution in [3.8, 4) is 22.7 Å². The average molecular weight is 518 g/mol. The van der Waals surface area contributed by atoms with Crippen molar-refractivity contribution in [2.45, 2.75) is 6.18 Å². The number of nitrogens with one attached hydrogen (secondary N) is 1. The molecular formula is C25H26F3N5O4. The zero-order valence-electron chi connectivity index (χ0n) is 20.4. The van der Waals surface area contributed by atoms with E-state index in [1.165, 1.54) is 0 Å². The number of halogens is 3. The minimum absolute atomic E-state index is 0.173. The van der Waals surface area contributed by atoms with Crippen LogP contribution in [0.5, 0.6) is 5.75 Å². The van der Waals surface area contributed by atoms with Gasteiger partial charge < -0.3 is 24.5 Å². The van der Waals surface area contributed by atoms with Crippen molar-refractivity contribution in [3.63, 3.8) is 0 Å². The SMILES string of the molecule is COc1cccc(-c2ccc3ccc(-n4ccc(C(=O)NCCN(C)C)n4)n3c2)c1.O=C(O)C(F)(F)F. The molecule has 0 spiro atoms. The van der Waals surface area contributed by atoms with Crippen LogP contribution in [0.2, 0.25) is 0 Å². The number of nitrogens with zero attached hydrogens (tertiary/aromatic N) is 4. The van der Waals surface area contributed by atoms with Gasteiger partial charge in [-0.05, 0) is 61.6 Å². The van der Waals surface area contributed by atoms with Crippen molar-refractivity contribution >= 4 is 17.4 Å². The predicted octanol–water partition coefficient (Wildman–Crippen LogP) is 3.73. The van der Waals surface area contributed by atoms with Crippen LogP contribution in [0.3, 0.4) is 0 Å². The van der Waals surface area contributed by atoms with E-state index in [2.05, 4.69) is 39.2 Å². The lowest BCUT2D eigenvalue weighted by molar-refractivity contribution is -0.192. The summed E-state index contributed by atoms with van der Waals surface area (Å²) in [7, 11) is 5.61. The number of carbonyl (C=O) groups excluding carboxylic acids is 1. The highest BCUT2D eigenvalue weighted by Gasteiger charge is 2.38. The summed E-state index contributed by atoms with van der Waals surface area (Å²) in [5, 5.41) is 14.5. The zero-order valence-corrected chi connectivity index (χ0v) is 20.4. The summed E-state index contributed by atoms with van der Waals surface area (Å²) >= 11 is 0. The Morgan fingerprint density at radius 1 is 1.08 bits per heavy atom. The topological polar surface area (TPSA) is 101 Å². The van der Waals surface area contributed by atoms with Gasteiger partial charge in [-0.2, -0.15) is 18.3 Å². The van der Waals surface area contributed by atoms with Crippen molar-refractivity contribution in [2.24, 2.45) is 0 Å². The van der Waals surface area contributed by atoms with Gasteiger partial charge in [0.2, 0.25) is 0 Å². The summed E-state index contributed by atoms with van der Waals surface area (Å²) in [6, 6.07) is 17.9. The number of fused-ring (bicyclic) bond motifs is 1. The fourth-order valence-electron chi connectivity index (χ4n) is 3.30. The van der Waals surface area contributed by atoms with Crippen LogP contribution in [-0.2, 0) is 4.79 Å². The molecule has 9 nitrogen and oxygen atoms in total. The molecule has 0 unspecified atom stereocenters. The van der Waals surface area contributed by atoms with Crippen LogP contribution in [0.4, 0.5) is 13.2 Å². The number of carbonyl (C=O) groups is 2. The molecule has 0 radical (unpaired) electrons. The van der Waals surface area contributed by atoms with Gasteiger partial charge in [0.25, 0.3) is 5.91 Å². The number of carboxylic acid groups (broad SMARTS) is 1. The maximum absolute atomic E-state index is 12.3. The number of carboxylic acids is 1. The number of aliphatic carboxylic acids is 1. The third kappa shape index (κ3) is 7.10. The van der Waals surface area contributed by atoms with E-state index in [4.69, 9.17) is 14.6 Å². The number of aromatic nitrogens is 3. The molecule has 4 aromatic rings. The van der Waals surface area contributed by atoms with Gasteiger partial charge in [-0.3, -0.25) is 4.79 Å². The van der Waals surface area contributed by atoms with Crippen LogP contribution in [-0.4, -0.2) is 76.5 Å². The van der Waals surface area contributed by atoms with E-state index in [1.807, 2.05) is 49.3 Å². The molecule has 4 rings (SSSR count). The lowest BCUT2D eigenvalue weighted by Gasteiger charge is -2.09. The number of ether oxygens (including phenoxy) is 1. The summed E-state index contributed by atoms with van der Waals surface area (Å²) in [5.74, 6) is -1.25.